The summed E-state index contributed by atoms with van der Waals surface area (Å²) < 4.78 is 43.8. The van der Waals surface area contributed by atoms with Crippen molar-refractivity contribution in [3.8, 4) is 0 Å². The molecule has 9 nitrogen and oxygen atoms in total. The van der Waals surface area contributed by atoms with E-state index in [1.165, 1.54) is 21.0 Å². The Labute approximate surface area is 311 Å². The minimum atomic E-state index is -3.70. The SMILES string of the molecule is CCCS(=O)(=O)ON(C)c1ccc2c(c1)[Si](C)(C)C1=CC(=[N+](C)C)C=CC1=C2c1ccc(C(=O)NCCOCCOCCCCCCCl)cc1C. The van der Waals surface area contributed by atoms with Gasteiger partial charge in [-0.2, -0.15) is 8.42 Å². The first kappa shape index (κ1) is 40.7. The first-order valence-corrected chi connectivity index (χ1v) is 23.0. The molecule has 0 saturated heterocycles. The number of carbonyl (C=O) groups excluding carboxylic acids is 1. The van der Waals surface area contributed by atoms with E-state index in [0.29, 0.717) is 49.9 Å². The summed E-state index contributed by atoms with van der Waals surface area (Å²) >= 11 is 5.71. The fraction of sp³-hybridized carbons (Fsp3) is 0.487. The van der Waals surface area contributed by atoms with E-state index in [2.05, 4.69) is 53.3 Å². The van der Waals surface area contributed by atoms with Gasteiger partial charge in [-0.1, -0.05) is 45.0 Å². The van der Waals surface area contributed by atoms with Crippen molar-refractivity contribution in [1.82, 2.24) is 5.32 Å². The highest BCUT2D eigenvalue weighted by Gasteiger charge is 2.41. The number of anilines is 1. The molecular formula is C39H55ClN3O6SSi+. The van der Waals surface area contributed by atoms with Gasteiger partial charge in [-0.25, -0.2) is 9.64 Å². The van der Waals surface area contributed by atoms with Crippen molar-refractivity contribution in [3.05, 3.63) is 87.6 Å². The molecule has 0 atom stereocenters. The minimum absolute atomic E-state index is 0.0473. The van der Waals surface area contributed by atoms with Crippen LogP contribution in [-0.4, -0.2) is 98.4 Å². The zero-order valence-corrected chi connectivity index (χ0v) is 33.9. The number of halogens is 1. The van der Waals surface area contributed by atoms with E-state index in [1.54, 1.807) is 7.05 Å². The van der Waals surface area contributed by atoms with Crippen molar-refractivity contribution in [2.75, 3.05) is 70.8 Å². The smallest absolute Gasteiger partial charge is 0.288 e. The van der Waals surface area contributed by atoms with Gasteiger partial charge in [0.25, 0.3) is 16.0 Å². The molecule has 0 spiro atoms. The zero-order chi connectivity index (χ0) is 37.2. The van der Waals surface area contributed by atoms with Gasteiger partial charge in [-0.05, 0) is 94.7 Å². The third-order valence-corrected chi connectivity index (χ3v) is 14.4. The van der Waals surface area contributed by atoms with Gasteiger partial charge in [0.2, 0.25) is 0 Å². The van der Waals surface area contributed by atoms with Crippen molar-refractivity contribution < 1.29 is 31.5 Å². The molecule has 1 aliphatic heterocycles. The van der Waals surface area contributed by atoms with Crippen LogP contribution < -0.4 is 15.6 Å². The molecule has 2 aliphatic rings. The van der Waals surface area contributed by atoms with Crippen LogP contribution in [0.1, 0.15) is 66.1 Å². The molecule has 0 fully saturated rings. The number of ether oxygens (including phenoxy) is 2. The number of hydroxylamine groups is 1. The Bertz CT molecular complexity index is 1800. The largest absolute Gasteiger partial charge is 0.379 e. The quantitative estimate of drug-likeness (QED) is 0.0605. The summed E-state index contributed by atoms with van der Waals surface area (Å²) in [6, 6.07) is 11.9. The molecule has 51 heavy (non-hydrogen) atoms. The third-order valence-electron chi connectivity index (χ3n) is 9.29. The number of fused-ring (bicyclic) bond motifs is 2. The van der Waals surface area contributed by atoms with Crippen LogP contribution in [0, 0.1) is 6.92 Å². The molecule has 2 aromatic rings. The number of nitrogens with zero attached hydrogens (tertiary/aromatic N) is 2. The first-order chi connectivity index (χ1) is 24.3. The number of alkyl halides is 1. The van der Waals surface area contributed by atoms with Gasteiger partial charge < -0.3 is 14.8 Å². The van der Waals surface area contributed by atoms with Crippen LogP contribution in [0.5, 0.6) is 0 Å². The monoisotopic (exact) mass is 756 g/mol. The summed E-state index contributed by atoms with van der Waals surface area (Å²) in [7, 11) is -0.265. The summed E-state index contributed by atoms with van der Waals surface area (Å²) in [5.74, 6) is 0.520. The number of amides is 1. The molecule has 278 valence electrons. The number of benzene rings is 2. The van der Waals surface area contributed by atoms with Gasteiger partial charge in [0.15, 0.2) is 5.71 Å². The van der Waals surface area contributed by atoms with Gasteiger partial charge in [0, 0.05) is 43.8 Å². The Kier molecular flexibility index (Phi) is 14.9. The van der Waals surface area contributed by atoms with Crippen LogP contribution in [0.3, 0.4) is 0 Å². The molecule has 0 aromatic heterocycles. The summed E-state index contributed by atoms with van der Waals surface area (Å²) in [5, 5.41) is 6.81. The molecule has 12 heteroatoms. The Balaban J connectivity index is 1.53. The maximum atomic E-state index is 13.1. The van der Waals surface area contributed by atoms with Crippen LogP contribution in [0.4, 0.5) is 5.69 Å². The molecule has 0 unspecified atom stereocenters. The van der Waals surface area contributed by atoms with Gasteiger partial charge in [0.05, 0.1) is 31.3 Å². The molecule has 0 bridgehead atoms. The molecule has 0 saturated carbocycles. The normalized spacial score (nSPS) is 15.0. The highest BCUT2D eigenvalue weighted by molar-refractivity contribution is 7.86. The lowest BCUT2D eigenvalue weighted by Crippen LogP contribution is -2.50. The van der Waals surface area contributed by atoms with E-state index in [-0.39, 0.29) is 11.7 Å². The Morgan fingerprint density at radius 1 is 0.941 bits per heavy atom. The fourth-order valence-electron chi connectivity index (χ4n) is 6.49. The van der Waals surface area contributed by atoms with Gasteiger partial charge in [-0.15, -0.1) is 15.9 Å². The molecule has 2 aromatic carbocycles. The molecule has 0 radical (unpaired) electrons. The third kappa shape index (κ3) is 10.5. The highest BCUT2D eigenvalue weighted by Crippen LogP contribution is 2.42. The maximum Gasteiger partial charge on any atom is 0.288 e. The van der Waals surface area contributed by atoms with Gasteiger partial charge in [-0.3, -0.25) is 4.79 Å². The second kappa shape index (κ2) is 18.6. The average molecular weight is 757 g/mol. The lowest BCUT2D eigenvalue weighted by molar-refractivity contribution is -0.462. The number of rotatable bonds is 19. The van der Waals surface area contributed by atoms with E-state index in [1.807, 2.05) is 52.2 Å². The lowest BCUT2D eigenvalue weighted by Gasteiger charge is -2.38. The molecule has 1 aliphatic carbocycles. The maximum absolute atomic E-state index is 13.1. The fourth-order valence-corrected chi connectivity index (χ4v) is 10.7. The zero-order valence-electron chi connectivity index (χ0n) is 31.3. The Morgan fingerprint density at radius 2 is 1.65 bits per heavy atom. The predicted octanol–water partition coefficient (Wildman–Crippen LogP) is 6.14. The summed E-state index contributed by atoms with van der Waals surface area (Å²) in [5.41, 5.74) is 7.80. The second-order valence-corrected chi connectivity index (χ2v) is 20.2. The standard InChI is InChI=1S/C39H54ClN3O6SSi/c1-8-25-50(45,46)49-43(5)32-15-18-35-37(28-32)51(6,7)36-27-31(42(3)4)14-17-34(36)38(35)33-16-13-30(26-29(33)2)39(44)41-20-22-48-24-23-47-21-12-10-9-11-19-40/h13-18,26-28H,8-12,19-25H2,1-7H3/p+1. The van der Waals surface area contributed by atoms with Crippen molar-refractivity contribution in [2.45, 2.75) is 59.0 Å². The molecule has 1 amide bonds. The molecule has 1 N–H and O–H groups in total. The number of aryl methyl sites for hydroxylation is 1. The van der Waals surface area contributed by atoms with Crippen molar-refractivity contribution in [2.24, 2.45) is 0 Å². The molecular weight excluding hydrogens is 702 g/mol. The van der Waals surface area contributed by atoms with Crippen molar-refractivity contribution in [3.63, 3.8) is 0 Å². The van der Waals surface area contributed by atoms with E-state index < -0.39 is 18.2 Å². The lowest BCUT2D eigenvalue weighted by atomic mass is 9.87. The van der Waals surface area contributed by atoms with Crippen LogP contribution in [0.2, 0.25) is 13.1 Å². The van der Waals surface area contributed by atoms with E-state index >= 15 is 0 Å². The van der Waals surface area contributed by atoms with Gasteiger partial charge in [0.1, 0.15) is 22.2 Å². The number of nitrogens with one attached hydrogen (secondary N) is 1. The topological polar surface area (TPSA) is 97.2 Å². The van der Waals surface area contributed by atoms with Crippen molar-refractivity contribution in [1.29, 1.82) is 0 Å². The number of carbonyl (C=O) groups is 1. The second-order valence-electron chi connectivity index (χ2n) is 13.8. The number of unbranched alkanes of at least 4 members (excludes halogenated alkanes) is 3. The van der Waals surface area contributed by atoms with E-state index in [4.69, 9.17) is 25.4 Å². The van der Waals surface area contributed by atoms with Gasteiger partial charge >= 0.3 is 0 Å². The van der Waals surface area contributed by atoms with Crippen LogP contribution in [0.25, 0.3) is 5.57 Å². The predicted molar refractivity (Wildman–Crippen MR) is 212 cm³/mol. The first-order valence-electron chi connectivity index (χ1n) is 17.9. The van der Waals surface area contributed by atoms with Crippen LogP contribution >= 0.6 is 11.6 Å². The number of allylic oxidation sites excluding steroid dienone is 5. The minimum Gasteiger partial charge on any atom is -0.379 e. The van der Waals surface area contributed by atoms with E-state index in [9.17, 15) is 13.2 Å². The number of hydrogen-bond acceptors (Lipinski definition) is 7. The molecule has 4 rings (SSSR count). The Hall–Kier alpha value is -3.06. The van der Waals surface area contributed by atoms with Crippen LogP contribution in [0.15, 0.2) is 65.4 Å². The molecule has 1 heterocycles. The van der Waals surface area contributed by atoms with E-state index in [0.717, 1.165) is 60.3 Å². The average Bonchev–Trinajstić information content (AvgIpc) is 3.08. The summed E-state index contributed by atoms with van der Waals surface area (Å²) in [6.07, 6.45) is 11.5. The summed E-state index contributed by atoms with van der Waals surface area (Å²) in [4.78, 5) is 13.1. The highest BCUT2D eigenvalue weighted by atomic mass is 35.5. The number of hydrogen-bond donors (Lipinski definition) is 1. The van der Waals surface area contributed by atoms with Crippen LogP contribution in [-0.2, 0) is 23.9 Å². The summed E-state index contributed by atoms with van der Waals surface area (Å²) in [6.45, 7) is 11.1. The van der Waals surface area contributed by atoms with Crippen molar-refractivity contribution >= 4 is 57.9 Å². The Morgan fingerprint density at radius 3 is 2.33 bits per heavy atom.